The number of aromatic nitrogens is 2. The van der Waals surface area contributed by atoms with Gasteiger partial charge in [-0.3, -0.25) is 4.98 Å². The van der Waals surface area contributed by atoms with Crippen molar-refractivity contribution in [3.05, 3.63) is 18.1 Å². The molecule has 0 amide bonds. The van der Waals surface area contributed by atoms with Gasteiger partial charge in [0.05, 0.1) is 11.9 Å². The summed E-state index contributed by atoms with van der Waals surface area (Å²) in [5.41, 5.74) is 0.961. The van der Waals surface area contributed by atoms with Crippen LogP contribution in [0.4, 0.5) is 5.82 Å². The SMILES string of the molecule is Cc1cncc(NCCN2CCCCC2)n1. The highest BCUT2D eigenvalue weighted by molar-refractivity contribution is 5.31. The molecule has 0 bridgehead atoms. The molecule has 0 spiro atoms. The molecule has 4 nitrogen and oxygen atoms in total. The third-order valence-corrected chi connectivity index (χ3v) is 2.94. The summed E-state index contributed by atoms with van der Waals surface area (Å²) in [7, 11) is 0. The van der Waals surface area contributed by atoms with Gasteiger partial charge in [0.2, 0.25) is 0 Å². The molecule has 4 heteroatoms. The number of piperidine rings is 1. The predicted molar refractivity (Wildman–Crippen MR) is 65.5 cm³/mol. The summed E-state index contributed by atoms with van der Waals surface area (Å²) < 4.78 is 0. The fraction of sp³-hybridized carbons (Fsp3) is 0.667. The van der Waals surface area contributed by atoms with Crippen molar-refractivity contribution in [2.75, 3.05) is 31.5 Å². The van der Waals surface area contributed by atoms with E-state index in [-0.39, 0.29) is 0 Å². The number of hydrogen-bond acceptors (Lipinski definition) is 4. The van der Waals surface area contributed by atoms with E-state index in [1.54, 1.807) is 12.4 Å². The predicted octanol–water partition coefficient (Wildman–Crippen LogP) is 1.68. The molecule has 0 atom stereocenters. The lowest BCUT2D eigenvalue weighted by molar-refractivity contribution is 0.237. The molecule has 1 aromatic rings. The summed E-state index contributed by atoms with van der Waals surface area (Å²) >= 11 is 0. The summed E-state index contributed by atoms with van der Waals surface area (Å²) in [5, 5.41) is 3.32. The number of rotatable bonds is 4. The van der Waals surface area contributed by atoms with Gasteiger partial charge in [0.15, 0.2) is 0 Å². The van der Waals surface area contributed by atoms with E-state index in [0.29, 0.717) is 0 Å². The molecular formula is C12H20N4. The number of anilines is 1. The molecule has 16 heavy (non-hydrogen) atoms. The first-order valence-electron chi connectivity index (χ1n) is 6.09. The lowest BCUT2D eigenvalue weighted by Crippen LogP contribution is -2.33. The third-order valence-electron chi connectivity index (χ3n) is 2.94. The van der Waals surface area contributed by atoms with E-state index in [1.807, 2.05) is 6.92 Å². The Morgan fingerprint density at radius 1 is 1.25 bits per heavy atom. The quantitative estimate of drug-likeness (QED) is 0.838. The molecule has 0 aromatic carbocycles. The molecule has 0 saturated carbocycles. The fourth-order valence-corrected chi connectivity index (χ4v) is 2.07. The maximum absolute atomic E-state index is 4.36. The molecule has 0 unspecified atom stereocenters. The Morgan fingerprint density at radius 2 is 2.06 bits per heavy atom. The van der Waals surface area contributed by atoms with E-state index in [4.69, 9.17) is 0 Å². The minimum Gasteiger partial charge on any atom is -0.368 e. The number of nitrogens with zero attached hydrogens (tertiary/aromatic N) is 3. The summed E-state index contributed by atoms with van der Waals surface area (Å²) in [6.07, 6.45) is 7.65. The van der Waals surface area contributed by atoms with E-state index in [2.05, 4.69) is 20.2 Å². The van der Waals surface area contributed by atoms with E-state index in [9.17, 15) is 0 Å². The fourth-order valence-electron chi connectivity index (χ4n) is 2.07. The Hall–Kier alpha value is -1.16. The first-order chi connectivity index (χ1) is 7.84. The Bertz CT molecular complexity index is 321. The van der Waals surface area contributed by atoms with E-state index in [0.717, 1.165) is 24.6 Å². The molecule has 2 heterocycles. The van der Waals surface area contributed by atoms with Crippen molar-refractivity contribution in [3.8, 4) is 0 Å². The van der Waals surface area contributed by atoms with Crippen LogP contribution in [0.3, 0.4) is 0 Å². The van der Waals surface area contributed by atoms with Crippen LogP contribution in [0, 0.1) is 6.92 Å². The van der Waals surface area contributed by atoms with Gasteiger partial charge in [0.25, 0.3) is 0 Å². The van der Waals surface area contributed by atoms with Crippen molar-refractivity contribution in [2.24, 2.45) is 0 Å². The van der Waals surface area contributed by atoms with Crippen LogP contribution in [0.2, 0.25) is 0 Å². The van der Waals surface area contributed by atoms with Crippen LogP contribution in [0.25, 0.3) is 0 Å². The Morgan fingerprint density at radius 3 is 2.81 bits per heavy atom. The number of nitrogens with one attached hydrogen (secondary N) is 1. The summed E-state index contributed by atoms with van der Waals surface area (Å²) in [6.45, 7) is 6.53. The maximum Gasteiger partial charge on any atom is 0.144 e. The zero-order valence-electron chi connectivity index (χ0n) is 9.95. The number of aryl methyl sites for hydroxylation is 1. The minimum atomic E-state index is 0.886. The second-order valence-electron chi connectivity index (χ2n) is 4.37. The van der Waals surface area contributed by atoms with Gasteiger partial charge < -0.3 is 10.2 Å². The Labute approximate surface area is 97.1 Å². The van der Waals surface area contributed by atoms with Crippen molar-refractivity contribution < 1.29 is 0 Å². The lowest BCUT2D eigenvalue weighted by Gasteiger charge is -2.26. The van der Waals surface area contributed by atoms with Gasteiger partial charge in [-0.05, 0) is 32.9 Å². The van der Waals surface area contributed by atoms with E-state index in [1.165, 1.54) is 32.4 Å². The molecule has 1 aliphatic heterocycles. The van der Waals surface area contributed by atoms with Gasteiger partial charge in [0, 0.05) is 19.3 Å². The highest BCUT2D eigenvalue weighted by atomic mass is 15.1. The average Bonchev–Trinajstić information content (AvgIpc) is 2.30. The molecule has 1 saturated heterocycles. The molecule has 1 fully saturated rings. The largest absolute Gasteiger partial charge is 0.368 e. The molecule has 2 rings (SSSR count). The standard InChI is InChI=1S/C12H20N4/c1-11-9-13-10-12(15-11)14-5-8-16-6-3-2-4-7-16/h9-10H,2-8H2,1H3,(H,14,15). The van der Waals surface area contributed by atoms with Crippen LogP contribution in [0.1, 0.15) is 25.0 Å². The van der Waals surface area contributed by atoms with Gasteiger partial charge in [-0.2, -0.15) is 0 Å². The van der Waals surface area contributed by atoms with Gasteiger partial charge in [0.1, 0.15) is 5.82 Å². The van der Waals surface area contributed by atoms with Gasteiger partial charge in [-0.15, -0.1) is 0 Å². The topological polar surface area (TPSA) is 41.1 Å². The highest BCUT2D eigenvalue weighted by Crippen LogP contribution is 2.08. The normalized spacial score (nSPS) is 17.3. The second kappa shape index (κ2) is 5.80. The van der Waals surface area contributed by atoms with Crippen molar-refractivity contribution in [1.82, 2.24) is 14.9 Å². The summed E-state index contributed by atoms with van der Waals surface area (Å²) in [5.74, 6) is 0.886. The summed E-state index contributed by atoms with van der Waals surface area (Å²) in [4.78, 5) is 11.0. The molecule has 1 aromatic heterocycles. The first kappa shape index (κ1) is 11.3. The monoisotopic (exact) mass is 220 g/mol. The molecule has 1 aliphatic rings. The Balaban J connectivity index is 1.71. The molecule has 1 N–H and O–H groups in total. The van der Waals surface area contributed by atoms with Crippen LogP contribution in [-0.2, 0) is 0 Å². The number of likely N-dealkylation sites (tertiary alicyclic amines) is 1. The van der Waals surface area contributed by atoms with Gasteiger partial charge in [-0.25, -0.2) is 4.98 Å². The smallest absolute Gasteiger partial charge is 0.144 e. The average molecular weight is 220 g/mol. The van der Waals surface area contributed by atoms with Crippen molar-refractivity contribution in [3.63, 3.8) is 0 Å². The van der Waals surface area contributed by atoms with E-state index >= 15 is 0 Å². The summed E-state index contributed by atoms with van der Waals surface area (Å²) in [6, 6.07) is 0. The van der Waals surface area contributed by atoms with Crippen LogP contribution < -0.4 is 5.32 Å². The molecule has 88 valence electrons. The number of hydrogen-bond donors (Lipinski definition) is 1. The molecule has 0 aliphatic carbocycles. The van der Waals surface area contributed by atoms with Crippen molar-refractivity contribution in [1.29, 1.82) is 0 Å². The minimum absolute atomic E-state index is 0.886. The zero-order valence-corrected chi connectivity index (χ0v) is 9.95. The van der Waals surface area contributed by atoms with Gasteiger partial charge in [-0.1, -0.05) is 6.42 Å². The Kier molecular flexibility index (Phi) is 4.10. The molecular weight excluding hydrogens is 200 g/mol. The maximum atomic E-state index is 4.36. The van der Waals surface area contributed by atoms with Crippen LogP contribution in [-0.4, -0.2) is 41.0 Å². The van der Waals surface area contributed by atoms with Crippen molar-refractivity contribution >= 4 is 5.82 Å². The van der Waals surface area contributed by atoms with E-state index < -0.39 is 0 Å². The van der Waals surface area contributed by atoms with Crippen LogP contribution >= 0.6 is 0 Å². The first-order valence-corrected chi connectivity index (χ1v) is 6.09. The highest BCUT2D eigenvalue weighted by Gasteiger charge is 2.08. The van der Waals surface area contributed by atoms with Crippen LogP contribution in [0.5, 0.6) is 0 Å². The van der Waals surface area contributed by atoms with Gasteiger partial charge >= 0.3 is 0 Å². The second-order valence-corrected chi connectivity index (χ2v) is 4.37. The third kappa shape index (κ3) is 3.45. The lowest BCUT2D eigenvalue weighted by atomic mass is 10.1. The molecule has 0 radical (unpaired) electrons. The van der Waals surface area contributed by atoms with Crippen LogP contribution in [0.15, 0.2) is 12.4 Å². The van der Waals surface area contributed by atoms with Crippen molar-refractivity contribution in [2.45, 2.75) is 26.2 Å². The zero-order chi connectivity index (χ0) is 11.2.